The average Bonchev–Trinajstić information content (AvgIpc) is 1.64. The molecule has 33 heteroatoms. The Hall–Kier alpha value is -10.1. The maximum absolute atomic E-state index is 13.6. The quantitative estimate of drug-likeness (QED) is 0.0285. The molecule has 5 aliphatic rings. The molecule has 5 aromatic heterocycles. The molecule has 0 radical (unpaired) electrons. The Morgan fingerprint density at radius 2 is 0.593 bits per heavy atom. The number of carbonyl (C=O) groups excluding carboxylic acids is 5. The van der Waals surface area contributed by atoms with Crippen LogP contribution in [-0.4, -0.2) is 149 Å². The van der Waals surface area contributed by atoms with Gasteiger partial charge < -0.3 is 56.8 Å². The molecule has 786 valence electrons. The van der Waals surface area contributed by atoms with E-state index in [2.05, 4.69) is 111 Å². The van der Waals surface area contributed by atoms with Crippen LogP contribution in [0.1, 0.15) is 280 Å². The third-order valence-corrected chi connectivity index (χ3v) is 32.0. The van der Waals surface area contributed by atoms with Gasteiger partial charge in [0.15, 0.2) is 0 Å². The molecule has 0 saturated heterocycles. The van der Waals surface area contributed by atoms with Crippen molar-refractivity contribution in [3.8, 4) is 11.5 Å². The van der Waals surface area contributed by atoms with Gasteiger partial charge in [0.1, 0.15) is 46.4 Å². The van der Waals surface area contributed by atoms with Crippen LogP contribution >= 0.6 is 142 Å². The van der Waals surface area contributed by atoms with Gasteiger partial charge in [-0.25, -0.2) is 29.3 Å². The number of ether oxygens (including phenoxy) is 2. The maximum Gasteiger partial charge on any atom is 0.258 e. The van der Waals surface area contributed by atoms with E-state index in [4.69, 9.17) is 116 Å². The second-order valence-electron chi connectivity index (χ2n) is 38.8. The number of rotatable bonds is 32. The predicted molar refractivity (Wildman–Crippen MR) is 625 cm³/mol. The highest BCUT2D eigenvalue weighted by Crippen LogP contribution is 2.43. The summed E-state index contributed by atoms with van der Waals surface area (Å²) >= 11 is 51.5. The zero-order valence-electron chi connectivity index (χ0n) is 85.0. The highest BCUT2D eigenvalue weighted by Gasteiger charge is 2.35. The predicted octanol–water partition coefficient (Wildman–Crippen LogP) is 32.3. The zero-order valence-corrected chi connectivity index (χ0v) is 96.2. The van der Waals surface area contributed by atoms with Gasteiger partial charge in [-0.05, 0) is 327 Å². The van der Waals surface area contributed by atoms with E-state index in [1.165, 1.54) is 76.3 Å². The van der Waals surface area contributed by atoms with E-state index in [-0.39, 0.29) is 39.8 Å². The van der Waals surface area contributed by atoms with Crippen LogP contribution in [0.4, 0.5) is 4.39 Å². The van der Waals surface area contributed by atoms with Crippen LogP contribution in [-0.2, 0) is 32.7 Å². The van der Waals surface area contributed by atoms with E-state index in [0.717, 1.165) is 185 Å². The molecule has 0 aliphatic heterocycles. The van der Waals surface area contributed by atoms with Gasteiger partial charge in [-0.3, -0.25) is 24.0 Å². The summed E-state index contributed by atoms with van der Waals surface area (Å²) in [5, 5.41) is 4.49. The number of amides is 5. The zero-order chi connectivity index (χ0) is 106. The number of nitrogens with zero attached hydrogens (tertiary/aromatic N) is 15. The SMILES string of the molecule is C=CCN(Cc1nc2ccc(Cl)cc2n1C1CCCC1)C(=O)c1cc(Cl)ccc1OC.C=CCN(Cc1nc2ccc(Cl)cc2n1C1CCCC1)C(=O)c1cccc(I)c1.CCCN(Cc1nc2ccc(Cl)cc2n1C1CCCC1)C(=O)c1cc(Cl)ccc1OC.CCCN(Cc1nc2ccc(Cl)cc2n1C1CCCC1)C(=O)c1ccc(F)c(Br)c1.CCCN(Cc1nc2ccc(Cl)cc2n1C1CCCC1)C(=O)c1cccc(I)c1. The Morgan fingerprint density at radius 1 is 0.347 bits per heavy atom. The van der Waals surface area contributed by atoms with Gasteiger partial charge in [0, 0.05) is 122 Å². The van der Waals surface area contributed by atoms with Gasteiger partial charge in [-0.2, -0.15) is 0 Å². The highest BCUT2D eigenvalue weighted by atomic mass is 127. The lowest BCUT2D eigenvalue weighted by Crippen LogP contribution is -2.33. The fourth-order valence-electron chi connectivity index (χ4n) is 21.6. The number of hydrogen-bond acceptors (Lipinski definition) is 12. The second-order valence-corrected chi connectivity index (χ2v) is 45.2. The molecule has 5 saturated carbocycles. The molecule has 5 aliphatic carbocycles. The van der Waals surface area contributed by atoms with E-state index >= 15 is 0 Å². The monoisotopic (exact) mass is 2450 g/mol. The molecule has 15 aromatic rings. The van der Waals surface area contributed by atoms with E-state index < -0.39 is 0 Å². The minimum atomic E-state index is -0.381. The van der Waals surface area contributed by atoms with E-state index in [1.54, 1.807) is 78.6 Å². The lowest BCUT2D eigenvalue weighted by atomic mass is 10.1. The van der Waals surface area contributed by atoms with Crippen molar-refractivity contribution in [3.63, 3.8) is 0 Å². The standard InChI is InChI=1S/C24H27Cl2N3O2.C24H25Cl2N3O2.C23H24BrClFN3O.C23H25ClIN3O.C23H23ClIN3O/c2*1-3-12-28(24(30)19-13-16(25)9-11-22(19)31-2)15-23-27-20-10-8-17(26)14-21(20)29(23)18-6-4-5-7-18;1-2-11-28(23(30)15-7-9-19(26)18(24)12-15)14-22-27-20-10-8-16(25)13-21(20)29(22)17-5-3-4-6-17;2*1-2-12-27(23(29)16-6-5-7-18(25)13-16)15-22-26-20-11-10-17(24)14-21(20)28(22)19-8-3-4-9-19/h8-11,13-14,18H,3-7,12,15H2,1-2H3;3,8-11,13-14,18H,1,4-7,12,15H2,2H3;7-10,12-13,17H,2-6,11,14H2,1H3;5-7,10-11,13-14,19H,2-4,8-9,12,15H2,1H3;2,5-7,10-11,13-14,19H,1,3-4,8-9,12,15H2. The molecule has 5 fully saturated rings. The summed E-state index contributed by atoms with van der Waals surface area (Å²) in [5.74, 6) is 4.76. The van der Waals surface area contributed by atoms with Gasteiger partial charge in [0.25, 0.3) is 29.5 Å². The van der Waals surface area contributed by atoms with Crippen LogP contribution in [0, 0.1) is 13.0 Å². The molecule has 0 bridgehead atoms. The topological polar surface area (TPSA) is 209 Å². The van der Waals surface area contributed by atoms with Crippen molar-refractivity contribution in [1.82, 2.24) is 72.3 Å². The molecule has 10 aromatic carbocycles. The minimum absolute atomic E-state index is 0.00789. The van der Waals surface area contributed by atoms with Gasteiger partial charge >= 0.3 is 0 Å². The van der Waals surface area contributed by atoms with Crippen molar-refractivity contribution in [1.29, 1.82) is 0 Å². The molecular formula is C117H124BrCl7FI2N15O7. The minimum Gasteiger partial charge on any atom is -0.496 e. The first-order valence-corrected chi connectivity index (χ1v) is 57.4. The molecule has 0 unspecified atom stereocenters. The van der Waals surface area contributed by atoms with Crippen molar-refractivity contribution >= 4 is 227 Å². The molecule has 0 N–H and O–H groups in total. The first-order chi connectivity index (χ1) is 72.6. The summed E-state index contributed by atoms with van der Waals surface area (Å²) in [6, 6.07) is 61.0. The van der Waals surface area contributed by atoms with Crippen LogP contribution < -0.4 is 9.47 Å². The van der Waals surface area contributed by atoms with Gasteiger partial charge in [0.05, 0.1) is 118 Å². The number of methoxy groups -OCH3 is 2. The third-order valence-electron chi connectivity index (χ3n) is 28.4. The van der Waals surface area contributed by atoms with E-state index in [1.807, 2.05) is 161 Å². The molecule has 0 spiro atoms. The Labute approximate surface area is 947 Å². The summed E-state index contributed by atoms with van der Waals surface area (Å²) in [5.41, 5.74) is 12.6. The summed E-state index contributed by atoms with van der Waals surface area (Å²) in [7, 11) is 3.11. The Bertz CT molecular complexity index is 7370. The Morgan fingerprint density at radius 3 is 0.860 bits per heavy atom. The first kappa shape index (κ1) is 112. The summed E-state index contributed by atoms with van der Waals surface area (Å²) in [6.07, 6.45) is 29.4. The van der Waals surface area contributed by atoms with Crippen molar-refractivity contribution in [2.24, 2.45) is 0 Å². The van der Waals surface area contributed by atoms with Gasteiger partial charge in [0.2, 0.25) is 0 Å². The number of halogens is 11. The molecule has 5 amide bonds. The lowest BCUT2D eigenvalue weighted by Gasteiger charge is -2.25. The number of imidazole rings is 5. The summed E-state index contributed by atoms with van der Waals surface area (Å²) in [4.78, 5) is 100. The number of carbonyl (C=O) groups is 5. The third kappa shape index (κ3) is 27.3. The number of hydrogen-bond donors (Lipinski definition) is 0. The molecule has 0 atom stereocenters. The number of fused-ring (bicyclic) bond motifs is 5. The highest BCUT2D eigenvalue weighted by molar-refractivity contribution is 14.1. The maximum atomic E-state index is 13.6. The fourth-order valence-corrected chi connectivity index (χ4v) is 24.3. The number of aromatic nitrogens is 10. The van der Waals surface area contributed by atoms with E-state index in [9.17, 15) is 28.4 Å². The van der Waals surface area contributed by atoms with Crippen LogP contribution in [0.25, 0.3) is 55.2 Å². The van der Waals surface area contributed by atoms with Crippen LogP contribution in [0.3, 0.4) is 0 Å². The summed E-state index contributed by atoms with van der Waals surface area (Å²) < 4.78 is 38.4. The van der Waals surface area contributed by atoms with Crippen molar-refractivity contribution < 1.29 is 37.8 Å². The Kier molecular flexibility index (Phi) is 39.9. The Balaban J connectivity index is 0.000000133. The largest absolute Gasteiger partial charge is 0.496 e. The lowest BCUT2D eigenvalue weighted by molar-refractivity contribution is 0.0727. The molecule has 150 heavy (non-hydrogen) atoms. The summed E-state index contributed by atoms with van der Waals surface area (Å²) in [6.45, 7) is 18.8. The van der Waals surface area contributed by atoms with Crippen LogP contribution in [0.5, 0.6) is 11.5 Å². The molecule has 20 rings (SSSR count). The smallest absolute Gasteiger partial charge is 0.258 e. The molecule has 5 heterocycles. The van der Waals surface area contributed by atoms with Gasteiger partial charge in [-0.15, -0.1) is 13.2 Å². The van der Waals surface area contributed by atoms with E-state index in [0.29, 0.717) is 160 Å². The normalized spacial score (nSPS) is 14.4. The second kappa shape index (κ2) is 53.1. The first-order valence-electron chi connectivity index (χ1n) is 51.8. The van der Waals surface area contributed by atoms with Crippen LogP contribution in [0.15, 0.2) is 224 Å². The average molecular weight is 2450 g/mol. The van der Waals surface area contributed by atoms with Crippen LogP contribution in [0.2, 0.25) is 35.2 Å². The van der Waals surface area contributed by atoms with Gasteiger partial charge in [-0.1, -0.05) is 190 Å². The molecular weight excluding hydrogens is 2330 g/mol. The van der Waals surface area contributed by atoms with Crippen molar-refractivity contribution in [3.05, 3.63) is 329 Å². The fraction of sp³-hybridized carbons (Fsp3) is 0.368. The van der Waals surface area contributed by atoms with Crippen molar-refractivity contribution in [2.75, 3.05) is 46.9 Å². The molecule has 22 nitrogen and oxygen atoms in total. The van der Waals surface area contributed by atoms with Crippen molar-refractivity contribution in [2.45, 2.75) is 231 Å². The number of benzene rings is 10.